The number of nitrogens with one attached hydrogen (secondary N) is 3. The van der Waals surface area contributed by atoms with Crippen LogP contribution < -0.4 is 16.2 Å². The van der Waals surface area contributed by atoms with Crippen LogP contribution in [0.25, 0.3) is 0 Å². The molecule has 0 aliphatic heterocycles. The summed E-state index contributed by atoms with van der Waals surface area (Å²) in [5.41, 5.74) is 5.01. The van der Waals surface area contributed by atoms with Crippen LogP contribution >= 0.6 is 34.8 Å². The molecule has 148 valence electrons. The molecular formula is C17H28Cl3N5O. The van der Waals surface area contributed by atoms with Gasteiger partial charge in [0, 0.05) is 6.54 Å². The van der Waals surface area contributed by atoms with Crippen molar-refractivity contribution in [1.82, 2.24) is 20.7 Å². The van der Waals surface area contributed by atoms with Crippen molar-refractivity contribution in [3.63, 3.8) is 0 Å². The fourth-order valence-corrected chi connectivity index (χ4v) is 2.97. The summed E-state index contributed by atoms with van der Waals surface area (Å²) in [7, 11) is 0. The molecule has 1 aromatic heterocycles. The van der Waals surface area contributed by atoms with Gasteiger partial charge in [-0.05, 0) is 18.0 Å². The number of carbonyl (C=O) groups excluding carboxylic acids is 1. The van der Waals surface area contributed by atoms with Crippen LogP contribution in [-0.2, 0) is 0 Å². The number of nitrogens with zero attached hydrogens (tertiary/aromatic N) is 2. The van der Waals surface area contributed by atoms with Crippen LogP contribution in [0.1, 0.15) is 71.1 Å². The van der Waals surface area contributed by atoms with Crippen molar-refractivity contribution in [2.45, 2.75) is 71.1 Å². The second-order valence-corrected chi connectivity index (χ2v) is 7.21. The van der Waals surface area contributed by atoms with Gasteiger partial charge in [0.25, 0.3) is 0 Å². The summed E-state index contributed by atoms with van der Waals surface area (Å²) in [6.45, 7) is 2.85. The van der Waals surface area contributed by atoms with Gasteiger partial charge >= 0.3 is 6.03 Å². The molecule has 1 aromatic rings. The van der Waals surface area contributed by atoms with Crippen molar-refractivity contribution in [1.29, 1.82) is 0 Å². The SMILES string of the molecule is CCCCCCCCCCCCNC(=O)NNc1nc(Cl)nc(Cl)c1Cl. The van der Waals surface area contributed by atoms with E-state index in [-0.39, 0.29) is 27.3 Å². The maximum Gasteiger partial charge on any atom is 0.333 e. The summed E-state index contributed by atoms with van der Waals surface area (Å²) in [6, 6.07) is -0.372. The standard InChI is InChI=1S/C17H28Cl3N5O/c1-2-3-4-5-6-7-8-9-10-11-12-21-17(26)25-24-15-13(18)14(19)22-16(20)23-15/h2-12H2,1H3,(H2,21,25,26)(H,22,23,24). The molecule has 0 atom stereocenters. The largest absolute Gasteiger partial charge is 0.337 e. The highest BCUT2D eigenvalue weighted by Gasteiger charge is 2.10. The molecule has 0 bridgehead atoms. The first-order valence-electron chi connectivity index (χ1n) is 9.23. The Morgan fingerprint density at radius 3 is 2.08 bits per heavy atom. The topological polar surface area (TPSA) is 78.9 Å². The molecule has 0 saturated heterocycles. The minimum atomic E-state index is -0.372. The lowest BCUT2D eigenvalue weighted by atomic mass is 10.1. The van der Waals surface area contributed by atoms with Gasteiger partial charge in [0.2, 0.25) is 5.28 Å². The summed E-state index contributed by atoms with van der Waals surface area (Å²) in [6.07, 6.45) is 12.6. The number of rotatable bonds is 13. The lowest BCUT2D eigenvalue weighted by Crippen LogP contribution is -2.39. The Labute approximate surface area is 170 Å². The normalized spacial score (nSPS) is 10.6. The summed E-state index contributed by atoms with van der Waals surface area (Å²) in [4.78, 5) is 19.3. The van der Waals surface area contributed by atoms with Crippen molar-refractivity contribution < 1.29 is 4.79 Å². The van der Waals surface area contributed by atoms with Crippen LogP contribution in [0.15, 0.2) is 0 Å². The Kier molecular flexibility index (Phi) is 12.5. The number of hydrogen-bond acceptors (Lipinski definition) is 4. The molecule has 0 aliphatic carbocycles. The summed E-state index contributed by atoms with van der Waals surface area (Å²) < 4.78 is 0. The van der Waals surface area contributed by atoms with Crippen molar-refractivity contribution in [2.75, 3.05) is 12.0 Å². The molecule has 6 nitrogen and oxygen atoms in total. The Balaban J connectivity index is 2.02. The lowest BCUT2D eigenvalue weighted by molar-refractivity contribution is 0.242. The molecule has 3 N–H and O–H groups in total. The van der Waals surface area contributed by atoms with Crippen molar-refractivity contribution in [2.24, 2.45) is 0 Å². The zero-order valence-electron chi connectivity index (χ0n) is 15.2. The van der Waals surface area contributed by atoms with Gasteiger partial charge in [-0.3, -0.25) is 10.9 Å². The quantitative estimate of drug-likeness (QED) is 0.157. The summed E-state index contributed by atoms with van der Waals surface area (Å²) >= 11 is 17.4. The second-order valence-electron chi connectivity index (χ2n) is 6.13. The molecule has 0 aromatic carbocycles. The Morgan fingerprint density at radius 1 is 0.885 bits per heavy atom. The molecule has 26 heavy (non-hydrogen) atoms. The van der Waals surface area contributed by atoms with E-state index in [2.05, 4.69) is 33.1 Å². The monoisotopic (exact) mass is 423 g/mol. The molecule has 0 radical (unpaired) electrons. The van der Waals surface area contributed by atoms with Crippen LogP contribution in [0.3, 0.4) is 0 Å². The van der Waals surface area contributed by atoms with E-state index < -0.39 is 0 Å². The predicted octanol–water partition coefficient (Wildman–Crippen LogP) is 5.98. The number of unbranched alkanes of at least 4 members (excludes halogenated alkanes) is 9. The highest BCUT2D eigenvalue weighted by atomic mass is 35.5. The molecule has 0 unspecified atom stereocenters. The summed E-state index contributed by atoms with van der Waals surface area (Å²) in [5, 5.41) is 2.81. The average molecular weight is 425 g/mol. The van der Waals surface area contributed by atoms with E-state index in [1.807, 2.05) is 0 Å². The molecule has 0 fully saturated rings. The van der Waals surface area contributed by atoms with E-state index in [4.69, 9.17) is 34.8 Å². The maximum atomic E-state index is 11.7. The van der Waals surface area contributed by atoms with Gasteiger partial charge in [-0.1, -0.05) is 87.9 Å². The van der Waals surface area contributed by atoms with Gasteiger partial charge in [-0.25, -0.2) is 9.78 Å². The molecule has 1 rings (SSSR count). The zero-order chi connectivity index (χ0) is 19.2. The lowest BCUT2D eigenvalue weighted by Gasteiger charge is -2.11. The number of hydrogen-bond donors (Lipinski definition) is 3. The summed E-state index contributed by atoms with van der Waals surface area (Å²) in [5.74, 6) is 0.144. The third-order valence-corrected chi connectivity index (χ3v) is 4.79. The van der Waals surface area contributed by atoms with E-state index in [1.54, 1.807) is 0 Å². The minimum absolute atomic E-state index is 0.0155. The average Bonchev–Trinajstić information content (AvgIpc) is 2.61. The Morgan fingerprint density at radius 2 is 1.46 bits per heavy atom. The highest BCUT2D eigenvalue weighted by Crippen LogP contribution is 2.27. The molecule has 0 saturated carbocycles. The fraction of sp³-hybridized carbons (Fsp3) is 0.706. The van der Waals surface area contributed by atoms with Crippen LogP contribution in [0.5, 0.6) is 0 Å². The minimum Gasteiger partial charge on any atom is -0.337 e. The third-order valence-electron chi connectivity index (χ3n) is 3.89. The van der Waals surface area contributed by atoms with E-state index in [9.17, 15) is 4.79 Å². The van der Waals surface area contributed by atoms with E-state index >= 15 is 0 Å². The first-order chi connectivity index (χ1) is 12.5. The van der Waals surface area contributed by atoms with Gasteiger partial charge in [0.05, 0.1) is 0 Å². The van der Waals surface area contributed by atoms with Gasteiger partial charge in [-0.2, -0.15) is 4.98 Å². The van der Waals surface area contributed by atoms with Crippen molar-refractivity contribution in [3.8, 4) is 0 Å². The number of aromatic nitrogens is 2. The molecule has 0 aliphatic rings. The van der Waals surface area contributed by atoms with Gasteiger partial charge < -0.3 is 5.32 Å². The van der Waals surface area contributed by atoms with E-state index in [1.165, 1.54) is 51.4 Å². The molecular weight excluding hydrogens is 397 g/mol. The smallest absolute Gasteiger partial charge is 0.333 e. The van der Waals surface area contributed by atoms with Gasteiger partial charge in [0.1, 0.15) is 5.02 Å². The maximum absolute atomic E-state index is 11.7. The zero-order valence-corrected chi connectivity index (χ0v) is 17.5. The van der Waals surface area contributed by atoms with Crippen LogP contribution in [-0.4, -0.2) is 22.5 Å². The first-order valence-corrected chi connectivity index (χ1v) is 10.4. The molecule has 1 heterocycles. The van der Waals surface area contributed by atoms with Gasteiger partial charge in [0.15, 0.2) is 11.0 Å². The number of urea groups is 1. The number of anilines is 1. The van der Waals surface area contributed by atoms with Crippen molar-refractivity contribution in [3.05, 3.63) is 15.5 Å². The highest BCUT2D eigenvalue weighted by molar-refractivity contribution is 6.43. The van der Waals surface area contributed by atoms with Gasteiger partial charge in [-0.15, -0.1) is 0 Å². The number of carbonyl (C=O) groups is 1. The Bertz CT molecular complexity index is 545. The van der Waals surface area contributed by atoms with Crippen molar-refractivity contribution >= 4 is 46.7 Å². The van der Waals surface area contributed by atoms with Crippen LogP contribution in [0, 0.1) is 0 Å². The first kappa shape index (κ1) is 23.1. The van der Waals surface area contributed by atoms with E-state index in [0.29, 0.717) is 6.54 Å². The number of hydrazine groups is 1. The van der Waals surface area contributed by atoms with Crippen LogP contribution in [0.4, 0.5) is 10.6 Å². The molecule has 2 amide bonds. The number of amides is 2. The van der Waals surface area contributed by atoms with E-state index in [0.717, 1.165) is 12.8 Å². The predicted molar refractivity (Wildman–Crippen MR) is 109 cm³/mol. The second kappa shape index (κ2) is 14.1. The third kappa shape index (κ3) is 10.2. The van der Waals surface area contributed by atoms with Crippen LogP contribution in [0.2, 0.25) is 15.5 Å². The number of halogens is 3. The Hall–Kier alpha value is -0.980. The fourth-order valence-electron chi connectivity index (χ4n) is 2.45. The molecule has 0 spiro atoms. The molecule has 9 heteroatoms.